The van der Waals surface area contributed by atoms with Crippen molar-refractivity contribution in [2.24, 2.45) is 0 Å². The van der Waals surface area contributed by atoms with Crippen molar-refractivity contribution in [3.63, 3.8) is 0 Å². The zero-order valence-electron chi connectivity index (χ0n) is 12.5. The van der Waals surface area contributed by atoms with E-state index in [2.05, 4.69) is 50.4 Å². The molecule has 0 aromatic heterocycles. The summed E-state index contributed by atoms with van der Waals surface area (Å²) in [6, 6.07) is 6.89. The van der Waals surface area contributed by atoms with Gasteiger partial charge >= 0.3 is 0 Å². The Bertz CT molecular complexity index is 402. The van der Waals surface area contributed by atoms with Gasteiger partial charge in [-0.05, 0) is 48.1 Å². The summed E-state index contributed by atoms with van der Waals surface area (Å²) in [5, 5.41) is 3.36. The minimum absolute atomic E-state index is 0.613. The highest BCUT2D eigenvalue weighted by Gasteiger charge is 2.09. The first-order chi connectivity index (χ1) is 8.68. The van der Waals surface area contributed by atoms with E-state index in [-0.39, 0.29) is 0 Å². The van der Waals surface area contributed by atoms with Gasteiger partial charge < -0.3 is 5.32 Å². The van der Waals surface area contributed by atoms with E-state index in [4.69, 9.17) is 0 Å². The minimum atomic E-state index is 0.613. The third-order valence-corrected chi connectivity index (χ3v) is 3.34. The van der Waals surface area contributed by atoms with E-state index in [1.165, 1.54) is 22.3 Å². The van der Waals surface area contributed by atoms with Crippen LogP contribution in [-0.2, 0) is 0 Å². The van der Waals surface area contributed by atoms with Crippen molar-refractivity contribution in [2.45, 2.75) is 47.0 Å². The SMILES string of the molecule is CC.Cc1ccc(C2=CCNCC2)cc1C(C)C. The summed E-state index contributed by atoms with van der Waals surface area (Å²) >= 11 is 0. The predicted octanol–water partition coefficient (Wildman–Crippen LogP) is 4.52. The van der Waals surface area contributed by atoms with Crippen LogP contribution in [0.3, 0.4) is 0 Å². The van der Waals surface area contributed by atoms with E-state index in [0.29, 0.717) is 5.92 Å². The maximum atomic E-state index is 3.36. The van der Waals surface area contributed by atoms with Gasteiger partial charge in [0.15, 0.2) is 0 Å². The molecule has 1 aromatic carbocycles. The average Bonchev–Trinajstić information content (AvgIpc) is 2.42. The molecule has 0 atom stereocenters. The second kappa shape index (κ2) is 7.38. The third-order valence-electron chi connectivity index (χ3n) is 3.34. The highest BCUT2D eigenvalue weighted by Crippen LogP contribution is 2.26. The minimum Gasteiger partial charge on any atom is -0.313 e. The summed E-state index contributed by atoms with van der Waals surface area (Å²) in [6.07, 6.45) is 3.47. The molecule has 0 aliphatic carbocycles. The largest absolute Gasteiger partial charge is 0.313 e. The van der Waals surface area contributed by atoms with Gasteiger partial charge in [-0.3, -0.25) is 0 Å². The van der Waals surface area contributed by atoms with Crippen LogP contribution in [-0.4, -0.2) is 13.1 Å². The molecule has 0 bridgehead atoms. The van der Waals surface area contributed by atoms with E-state index < -0.39 is 0 Å². The Morgan fingerprint density at radius 1 is 1.17 bits per heavy atom. The van der Waals surface area contributed by atoms with Gasteiger partial charge in [0.05, 0.1) is 0 Å². The number of hydrogen-bond donors (Lipinski definition) is 1. The Morgan fingerprint density at radius 2 is 1.89 bits per heavy atom. The van der Waals surface area contributed by atoms with Gasteiger partial charge in [-0.2, -0.15) is 0 Å². The van der Waals surface area contributed by atoms with Crippen LogP contribution in [0.4, 0.5) is 0 Å². The Kier molecular flexibility index (Phi) is 6.14. The lowest BCUT2D eigenvalue weighted by atomic mass is 9.92. The molecule has 1 aliphatic heterocycles. The highest BCUT2D eigenvalue weighted by molar-refractivity contribution is 5.67. The molecule has 100 valence electrons. The molecule has 1 heteroatoms. The number of rotatable bonds is 2. The normalized spacial score (nSPS) is 14.9. The summed E-state index contributed by atoms with van der Waals surface area (Å²) in [5.41, 5.74) is 5.81. The smallest absolute Gasteiger partial charge is 0.0140 e. The molecule has 0 amide bonds. The second-order valence-electron chi connectivity index (χ2n) is 4.91. The summed E-state index contributed by atoms with van der Waals surface area (Å²) in [5.74, 6) is 0.613. The quantitative estimate of drug-likeness (QED) is 0.807. The van der Waals surface area contributed by atoms with Crippen molar-refractivity contribution in [2.75, 3.05) is 13.1 Å². The fraction of sp³-hybridized carbons (Fsp3) is 0.529. The summed E-state index contributed by atoms with van der Waals surface area (Å²) < 4.78 is 0. The Labute approximate surface area is 112 Å². The molecular weight excluding hydrogens is 218 g/mol. The molecule has 0 radical (unpaired) electrons. The molecule has 1 N–H and O–H groups in total. The summed E-state index contributed by atoms with van der Waals surface area (Å²) in [7, 11) is 0. The van der Waals surface area contributed by atoms with E-state index >= 15 is 0 Å². The van der Waals surface area contributed by atoms with Crippen molar-refractivity contribution in [3.05, 3.63) is 41.0 Å². The van der Waals surface area contributed by atoms with Crippen LogP contribution in [0.2, 0.25) is 0 Å². The number of aryl methyl sites for hydroxylation is 1. The number of benzene rings is 1. The molecule has 0 fully saturated rings. The van der Waals surface area contributed by atoms with E-state index in [1.807, 2.05) is 13.8 Å². The molecule has 1 aliphatic rings. The molecule has 1 nitrogen and oxygen atoms in total. The molecule has 2 rings (SSSR count). The average molecular weight is 245 g/mol. The van der Waals surface area contributed by atoms with E-state index in [1.54, 1.807) is 0 Å². The molecular formula is C17H27N. The fourth-order valence-electron chi connectivity index (χ4n) is 2.35. The van der Waals surface area contributed by atoms with Crippen LogP contribution >= 0.6 is 0 Å². The van der Waals surface area contributed by atoms with Gasteiger partial charge in [-0.1, -0.05) is 52.0 Å². The molecule has 1 heterocycles. The zero-order chi connectivity index (χ0) is 13.5. The van der Waals surface area contributed by atoms with Gasteiger partial charge in [0.1, 0.15) is 0 Å². The lowest BCUT2D eigenvalue weighted by molar-refractivity contribution is 0.738. The van der Waals surface area contributed by atoms with Crippen molar-refractivity contribution >= 4 is 5.57 Å². The Morgan fingerprint density at radius 3 is 2.44 bits per heavy atom. The maximum absolute atomic E-state index is 3.36. The highest BCUT2D eigenvalue weighted by atomic mass is 14.8. The van der Waals surface area contributed by atoms with Gasteiger partial charge in [0.25, 0.3) is 0 Å². The van der Waals surface area contributed by atoms with Crippen LogP contribution in [0.25, 0.3) is 5.57 Å². The molecule has 0 spiro atoms. The monoisotopic (exact) mass is 245 g/mol. The topological polar surface area (TPSA) is 12.0 Å². The summed E-state index contributed by atoms with van der Waals surface area (Å²) in [6.45, 7) is 12.9. The van der Waals surface area contributed by atoms with Crippen LogP contribution in [0, 0.1) is 6.92 Å². The van der Waals surface area contributed by atoms with Crippen molar-refractivity contribution < 1.29 is 0 Å². The van der Waals surface area contributed by atoms with Crippen molar-refractivity contribution in [1.29, 1.82) is 0 Å². The third kappa shape index (κ3) is 3.71. The number of hydrogen-bond acceptors (Lipinski definition) is 1. The Hall–Kier alpha value is -1.08. The van der Waals surface area contributed by atoms with Gasteiger partial charge in [-0.25, -0.2) is 0 Å². The lowest BCUT2D eigenvalue weighted by Crippen LogP contribution is -2.20. The van der Waals surface area contributed by atoms with Gasteiger partial charge in [0.2, 0.25) is 0 Å². The van der Waals surface area contributed by atoms with Crippen LogP contribution in [0.15, 0.2) is 24.3 Å². The number of nitrogens with one attached hydrogen (secondary N) is 1. The maximum Gasteiger partial charge on any atom is 0.0140 e. The van der Waals surface area contributed by atoms with Crippen LogP contribution < -0.4 is 5.32 Å². The standard InChI is InChI=1S/C15H21N.C2H6/c1-11(2)15-10-14(5-4-12(15)3)13-6-8-16-9-7-13;1-2/h4-6,10-11,16H,7-9H2,1-3H3;1-2H3. The first kappa shape index (κ1) is 15.0. The lowest BCUT2D eigenvalue weighted by Gasteiger charge is -2.17. The predicted molar refractivity (Wildman–Crippen MR) is 82.1 cm³/mol. The molecule has 0 saturated carbocycles. The van der Waals surface area contributed by atoms with Crippen molar-refractivity contribution in [1.82, 2.24) is 5.32 Å². The fourth-order valence-corrected chi connectivity index (χ4v) is 2.35. The summed E-state index contributed by atoms with van der Waals surface area (Å²) in [4.78, 5) is 0. The Balaban J connectivity index is 0.000000771. The van der Waals surface area contributed by atoms with Crippen LogP contribution in [0.5, 0.6) is 0 Å². The van der Waals surface area contributed by atoms with Crippen molar-refractivity contribution in [3.8, 4) is 0 Å². The second-order valence-corrected chi connectivity index (χ2v) is 4.91. The van der Waals surface area contributed by atoms with Crippen LogP contribution in [0.1, 0.15) is 56.7 Å². The zero-order valence-corrected chi connectivity index (χ0v) is 12.5. The molecule has 0 unspecified atom stereocenters. The molecule has 18 heavy (non-hydrogen) atoms. The molecule has 0 saturated heterocycles. The first-order valence-electron chi connectivity index (χ1n) is 7.19. The van der Waals surface area contributed by atoms with E-state index in [9.17, 15) is 0 Å². The molecule has 1 aromatic rings. The van der Waals surface area contributed by atoms with Gasteiger partial charge in [-0.15, -0.1) is 0 Å². The van der Waals surface area contributed by atoms with Gasteiger partial charge in [0, 0.05) is 6.54 Å². The first-order valence-corrected chi connectivity index (χ1v) is 7.19. The van der Waals surface area contributed by atoms with E-state index in [0.717, 1.165) is 19.5 Å².